The zero-order valence-corrected chi connectivity index (χ0v) is 16.4. The van der Waals surface area contributed by atoms with Gasteiger partial charge in [-0.05, 0) is 42.5 Å². The van der Waals surface area contributed by atoms with Gasteiger partial charge in [-0.1, -0.05) is 36.4 Å². The van der Waals surface area contributed by atoms with E-state index in [0.717, 1.165) is 16.8 Å². The first-order chi connectivity index (χ1) is 15.2. The van der Waals surface area contributed by atoms with Crippen LogP contribution in [0.25, 0.3) is 22.1 Å². The van der Waals surface area contributed by atoms with Gasteiger partial charge >= 0.3 is 0 Å². The molecule has 0 bridgehead atoms. The number of fused-ring (bicyclic) bond motifs is 3. The summed E-state index contributed by atoms with van der Waals surface area (Å²) in [6.07, 6.45) is 1.37. The number of aromatic nitrogens is 2. The predicted octanol–water partition coefficient (Wildman–Crippen LogP) is 4.53. The lowest BCUT2D eigenvalue weighted by Gasteiger charge is -2.10. The molecule has 7 nitrogen and oxygen atoms in total. The Balaban J connectivity index is 1.34. The molecule has 0 aliphatic heterocycles. The maximum absolute atomic E-state index is 12.8. The van der Waals surface area contributed by atoms with E-state index in [9.17, 15) is 9.59 Å². The highest BCUT2D eigenvalue weighted by Gasteiger charge is 2.14. The lowest BCUT2D eigenvalue weighted by atomic mass is 10.2. The van der Waals surface area contributed by atoms with Crippen LogP contribution in [0.1, 0.15) is 0 Å². The molecule has 152 valence electrons. The van der Waals surface area contributed by atoms with E-state index in [1.165, 1.54) is 10.9 Å². The number of hydrogen-bond acceptors (Lipinski definition) is 5. The number of benzene rings is 3. The van der Waals surface area contributed by atoms with Crippen molar-refractivity contribution in [2.24, 2.45) is 0 Å². The predicted molar refractivity (Wildman–Crippen MR) is 121 cm³/mol. The van der Waals surface area contributed by atoms with Crippen molar-refractivity contribution in [2.75, 3.05) is 10.6 Å². The Morgan fingerprint density at radius 3 is 2.52 bits per heavy atom. The Bertz CT molecular complexity index is 1450. The first-order valence-corrected chi connectivity index (χ1v) is 9.76. The minimum Gasteiger partial charge on any atom is -0.448 e. The third kappa shape index (κ3) is 3.76. The maximum atomic E-state index is 12.8. The molecule has 1 amide bonds. The first-order valence-electron chi connectivity index (χ1n) is 9.76. The number of rotatable bonds is 5. The second-order valence-corrected chi connectivity index (χ2v) is 7.07. The van der Waals surface area contributed by atoms with Gasteiger partial charge in [0, 0.05) is 22.4 Å². The monoisotopic (exact) mass is 410 g/mol. The molecule has 0 atom stereocenters. The van der Waals surface area contributed by atoms with Gasteiger partial charge in [0.2, 0.25) is 11.5 Å². The van der Waals surface area contributed by atoms with Crippen LogP contribution >= 0.6 is 0 Å². The van der Waals surface area contributed by atoms with E-state index < -0.39 is 5.56 Å². The SMILES string of the molecule is O=C(Cn1cnc2c(oc3ccccc32)c1=O)Nc1cccc(Nc2ccccc2)c1. The van der Waals surface area contributed by atoms with Gasteiger partial charge in [0.05, 0.1) is 6.33 Å². The number of carbonyl (C=O) groups is 1. The second kappa shape index (κ2) is 7.79. The third-order valence-electron chi connectivity index (χ3n) is 4.87. The van der Waals surface area contributed by atoms with Crippen molar-refractivity contribution in [3.63, 3.8) is 0 Å². The van der Waals surface area contributed by atoms with Crippen LogP contribution in [-0.2, 0) is 11.3 Å². The minimum absolute atomic E-state index is 0.144. The Labute approximate surface area is 177 Å². The normalized spacial score (nSPS) is 11.0. The molecule has 0 saturated heterocycles. The summed E-state index contributed by atoms with van der Waals surface area (Å²) >= 11 is 0. The van der Waals surface area contributed by atoms with Gasteiger partial charge in [0.1, 0.15) is 17.6 Å². The molecule has 31 heavy (non-hydrogen) atoms. The zero-order valence-electron chi connectivity index (χ0n) is 16.4. The largest absolute Gasteiger partial charge is 0.448 e. The Hall–Kier alpha value is -4.39. The van der Waals surface area contributed by atoms with Crippen LogP contribution in [0.3, 0.4) is 0 Å². The summed E-state index contributed by atoms with van der Waals surface area (Å²) in [5, 5.41) is 6.87. The Morgan fingerprint density at radius 2 is 1.65 bits per heavy atom. The minimum atomic E-state index is -0.393. The summed E-state index contributed by atoms with van der Waals surface area (Å²) in [4.78, 5) is 29.7. The quantitative estimate of drug-likeness (QED) is 0.445. The number of nitrogens with zero attached hydrogens (tertiary/aromatic N) is 2. The van der Waals surface area contributed by atoms with E-state index in [2.05, 4.69) is 15.6 Å². The molecular weight excluding hydrogens is 392 g/mol. The number of hydrogen-bond donors (Lipinski definition) is 2. The number of furan rings is 1. The summed E-state index contributed by atoms with van der Waals surface area (Å²) in [7, 11) is 0. The smallest absolute Gasteiger partial charge is 0.297 e. The molecule has 0 saturated carbocycles. The molecule has 5 aromatic rings. The van der Waals surface area contributed by atoms with Gasteiger partial charge < -0.3 is 15.1 Å². The fraction of sp³-hybridized carbons (Fsp3) is 0.0417. The number of nitrogens with one attached hydrogen (secondary N) is 2. The summed E-state index contributed by atoms with van der Waals surface area (Å²) in [6, 6.07) is 24.4. The van der Waals surface area contributed by atoms with Gasteiger partial charge in [0.25, 0.3) is 5.56 Å². The van der Waals surface area contributed by atoms with E-state index in [0.29, 0.717) is 16.8 Å². The molecule has 0 radical (unpaired) electrons. The molecule has 0 aliphatic rings. The van der Waals surface area contributed by atoms with Gasteiger partial charge in [-0.2, -0.15) is 0 Å². The van der Waals surface area contributed by atoms with Gasteiger partial charge in [-0.25, -0.2) is 4.98 Å². The molecule has 3 aromatic carbocycles. The van der Waals surface area contributed by atoms with Crippen LogP contribution in [-0.4, -0.2) is 15.5 Å². The van der Waals surface area contributed by atoms with Crippen molar-refractivity contribution in [1.29, 1.82) is 0 Å². The van der Waals surface area contributed by atoms with Crippen LogP contribution in [0.5, 0.6) is 0 Å². The highest BCUT2D eigenvalue weighted by molar-refractivity contribution is 6.01. The standard InChI is InChI=1S/C24H18N4O3/c29-21(27-18-10-6-9-17(13-18)26-16-7-2-1-3-8-16)14-28-15-25-22-19-11-4-5-12-20(19)31-23(22)24(28)30/h1-13,15,26H,14H2,(H,27,29). The van der Waals surface area contributed by atoms with E-state index in [-0.39, 0.29) is 18.0 Å². The highest BCUT2D eigenvalue weighted by Crippen LogP contribution is 2.24. The van der Waals surface area contributed by atoms with Crippen LogP contribution in [0, 0.1) is 0 Å². The fourth-order valence-corrected chi connectivity index (χ4v) is 3.45. The molecule has 2 heterocycles. The van der Waals surface area contributed by atoms with Crippen LogP contribution < -0.4 is 16.2 Å². The molecule has 2 aromatic heterocycles. The molecule has 0 spiro atoms. The molecule has 0 unspecified atom stereocenters. The fourth-order valence-electron chi connectivity index (χ4n) is 3.45. The van der Waals surface area contributed by atoms with E-state index in [1.807, 2.05) is 66.7 Å². The Morgan fingerprint density at radius 1 is 0.903 bits per heavy atom. The van der Waals surface area contributed by atoms with Crippen molar-refractivity contribution in [3.8, 4) is 0 Å². The maximum Gasteiger partial charge on any atom is 0.297 e. The summed E-state index contributed by atoms with van der Waals surface area (Å²) in [5.41, 5.74) is 3.25. The molecule has 5 rings (SSSR count). The van der Waals surface area contributed by atoms with E-state index in [1.54, 1.807) is 12.1 Å². The lowest BCUT2D eigenvalue weighted by Crippen LogP contribution is -2.27. The van der Waals surface area contributed by atoms with E-state index >= 15 is 0 Å². The van der Waals surface area contributed by atoms with Crippen molar-refractivity contribution >= 4 is 45.0 Å². The topological polar surface area (TPSA) is 89.2 Å². The summed E-state index contributed by atoms with van der Waals surface area (Å²) in [5.74, 6) is -0.337. The lowest BCUT2D eigenvalue weighted by molar-refractivity contribution is -0.116. The molecule has 0 aliphatic carbocycles. The number of anilines is 3. The zero-order chi connectivity index (χ0) is 21.2. The van der Waals surface area contributed by atoms with Crippen molar-refractivity contribution in [1.82, 2.24) is 9.55 Å². The summed E-state index contributed by atoms with van der Waals surface area (Å²) < 4.78 is 6.90. The molecule has 0 fully saturated rings. The van der Waals surface area contributed by atoms with Crippen LogP contribution in [0.2, 0.25) is 0 Å². The summed E-state index contributed by atoms with van der Waals surface area (Å²) in [6.45, 7) is -0.171. The van der Waals surface area contributed by atoms with Crippen molar-refractivity contribution < 1.29 is 9.21 Å². The average molecular weight is 410 g/mol. The molecular formula is C24H18N4O3. The van der Waals surface area contributed by atoms with Crippen molar-refractivity contribution in [2.45, 2.75) is 6.54 Å². The van der Waals surface area contributed by atoms with Gasteiger partial charge in [-0.15, -0.1) is 0 Å². The molecule has 2 N–H and O–H groups in total. The second-order valence-electron chi connectivity index (χ2n) is 7.07. The number of amides is 1. The highest BCUT2D eigenvalue weighted by atomic mass is 16.3. The van der Waals surface area contributed by atoms with Crippen LogP contribution in [0.15, 0.2) is 94.4 Å². The number of para-hydroxylation sites is 2. The van der Waals surface area contributed by atoms with E-state index in [4.69, 9.17) is 4.42 Å². The van der Waals surface area contributed by atoms with Gasteiger partial charge in [0.15, 0.2) is 0 Å². The Kier molecular flexibility index (Phi) is 4.68. The average Bonchev–Trinajstić information content (AvgIpc) is 3.16. The van der Waals surface area contributed by atoms with Crippen LogP contribution in [0.4, 0.5) is 17.1 Å². The number of carbonyl (C=O) groups excluding carboxylic acids is 1. The first kappa shape index (κ1) is 18.6. The van der Waals surface area contributed by atoms with Crippen molar-refractivity contribution in [3.05, 3.63) is 95.5 Å². The third-order valence-corrected chi connectivity index (χ3v) is 4.87. The molecule has 7 heteroatoms. The van der Waals surface area contributed by atoms with Gasteiger partial charge in [-0.3, -0.25) is 14.2 Å².